The zero-order valence-corrected chi connectivity index (χ0v) is 12.0. The third-order valence-corrected chi connectivity index (χ3v) is 3.26. The van der Waals surface area contributed by atoms with E-state index in [-0.39, 0.29) is 12.5 Å². The highest BCUT2D eigenvalue weighted by Crippen LogP contribution is 2.04. The second-order valence-electron chi connectivity index (χ2n) is 4.83. The van der Waals surface area contributed by atoms with E-state index in [9.17, 15) is 4.79 Å². The van der Waals surface area contributed by atoms with Crippen molar-refractivity contribution in [1.82, 2.24) is 19.8 Å². The van der Waals surface area contributed by atoms with Gasteiger partial charge in [0.2, 0.25) is 5.91 Å². The fourth-order valence-corrected chi connectivity index (χ4v) is 2.03. The van der Waals surface area contributed by atoms with Gasteiger partial charge in [0.1, 0.15) is 12.4 Å². The summed E-state index contributed by atoms with van der Waals surface area (Å²) >= 11 is 0. The minimum Gasteiger partial charge on any atom is -0.377 e. The number of ether oxygens (including phenoxy) is 1. The lowest BCUT2D eigenvalue weighted by Crippen LogP contribution is -2.48. The Morgan fingerprint density at radius 3 is 2.85 bits per heavy atom. The molecule has 7 nitrogen and oxygen atoms in total. The van der Waals surface area contributed by atoms with E-state index in [1.807, 2.05) is 4.90 Å². The summed E-state index contributed by atoms with van der Waals surface area (Å²) in [6, 6.07) is 1.75. The van der Waals surface area contributed by atoms with Crippen LogP contribution >= 0.6 is 0 Å². The first-order valence-corrected chi connectivity index (χ1v) is 6.70. The Kier molecular flexibility index (Phi) is 5.25. The van der Waals surface area contributed by atoms with Gasteiger partial charge >= 0.3 is 0 Å². The number of hydrogen-bond acceptors (Lipinski definition) is 6. The normalized spacial score (nSPS) is 16.2. The van der Waals surface area contributed by atoms with Crippen LogP contribution in [0, 0.1) is 0 Å². The van der Waals surface area contributed by atoms with Gasteiger partial charge in [-0.15, -0.1) is 0 Å². The molecule has 0 saturated carbocycles. The van der Waals surface area contributed by atoms with Gasteiger partial charge in [-0.2, -0.15) is 0 Å². The maximum atomic E-state index is 12.1. The molecule has 2 heterocycles. The smallest absolute Gasteiger partial charge is 0.242 e. The number of methoxy groups -OCH3 is 1. The highest BCUT2D eigenvalue weighted by atomic mass is 16.5. The van der Waals surface area contributed by atoms with E-state index in [2.05, 4.69) is 27.2 Å². The molecule has 110 valence electrons. The van der Waals surface area contributed by atoms with E-state index in [1.165, 1.54) is 0 Å². The first-order chi connectivity index (χ1) is 9.69. The number of amides is 1. The van der Waals surface area contributed by atoms with E-state index < -0.39 is 0 Å². The molecule has 7 heteroatoms. The molecule has 1 amide bonds. The van der Waals surface area contributed by atoms with Gasteiger partial charge in [0.25, 0.3) is 0 Å². The molecule has 2 rings (SSSR count). The van der Waals surface area contributed by atoms with Gasteiger partial charge in [-0.25, -0.2) is 9.97 Å². The van der Waals surface area contributed by atoms with Crippen molar-refractivity contribution in [3.8, 4) is 0 Å². The summed E-state index contributed by atoms with van der Waals surface area (Å²) in [7, 11) is 3.67. The first-order valence-electron chi connectivity index (χ1n) is 6.70. The van der Waals surface area contributed by atoms with Gasteiger partial charge in [0, 0.05) is 39.5 Å². The third-order valence-electron chi connectivity index (χ3n) is 3.26. The van der Waals surface area contributed by atoms with Crippen molar-refractivity contribution >= 4 is 11.7 Å². The molecule has 1 aliphatic rings. The van der Waals surface area contributed by atoms with Crippen molar-refractivity contribution in [2.75, 3.05) is 52.2 Å². The van der Waals surface area contributed by atoms with Crippen LogP contribution in [0.25, 0.3) is 0 Å². The minimum absolute atomic E-state index is 0.102. The van der Waals surface area contributed by atoms with Gasteiger partial charge in [-0.1, -0.05) is 0 Å². The maximum absolute atomic E-state index is 12.1. The number of anilines is 1. The average molecular weight is 279 g/mol. The van der Waals surface area contributed by atoms with E-state index in [0.717, 1.165) is 26.2 Å². The Labute approximate surface area is 118 Å². The highest BCUT2D eigenvalue weighted by Gasteiger charge is 2.18. The van der Waals surface area contributed by atoms with Crippen LogP contribution in [0.2, 0.25) is 0 Å². The highest BCUT2D eigenvalue weighted by molar-refractivity contribution is 5.80. The number of rotatable bonds is 5. The third kappa shape index (κ3) is 4.14. The molecular formula is C13H21N5O2. The van der Waals surface area contributed by atoms with Crippen molar-refractivity contribution < 1.29 is 9.53 Å². The lowest BCUT2D eigenvalue weighted by molar-refractivity contribution is -0.130. The SMILES string of the molecule is COCc1nccc(NCC(=O)N2CCN(C)CC2)n1. The summed E-state index contributed by atoms with van der Waals surface area (Å²) in [4.78, 5) is 24.5. The van der Waals surface area contributed by atoms with Crippen molar-refractivity contribution in [1.29, 1.82) is 0 Å². The molecule has 0 atom stereocenters. The van der Waals surface area contributed by atoms with Crippen LogP contribution in [0.15, 0.2) is 12.3 Å². The number of piperazine rings is 1. The summed E-state index contributed by atoms with van der Waals surface area (Å²) in [6.07, 6.45) is 1.66. The monoisotopic (exact) mass is 279 g/mol. The molecule has 1 N–H and O–H groups in total. The molecule has 0 spiro atoms. The number of nitrogens with zero attached hydrogens (tertiary/aromatic N) is 4. The predicted molar refractivity (Wildman–Crippen MR) is 75.3 cm³/mol. The summed E-state index contributed by atoms with van der Waals surface area (Å²) in [5, 5.41) is 3.04. The minimum atomic E-state index is 0.102. The second-order valence-corrected chi connectivity index (χ2v) is 4.83. The van der Waals surface area contributed by atoms with E-state index in [1.54, 1.807) is 19.4 Å². The van der Waals surface area contributed by atoms with E-state index in [4.69, 9.17) is 4.74 Å². The molecule has 0 aliphatic carbocycles. The molecule has 0 radical (unpaired) electrons. The molecule has 0 bridgehead atoms. The number of carbonyl (C=O) groups excluding carboxylic acids is 1. The number of carbonyl (C=O) groups is 1. The lowest BCUT2D eigenvalue weighted by Gasteiger charge is -2.32. The van der Waals surface area contributed by atoms with Gasteiger partial charge in [-0.05, 0) is 13.1 Å². The van der Waals surface area contributed by atoms with Crippen molar-refractivity contribution in [2.45, 2.75) is 6.61 Å². The summed E-state index contributed by atoms with van der Waals surface area (Å²) in [6.45, 7) is 4.05. The summed E-state index contributed by atoms with van der Waals surface area (Å²) in [5.41, 5.74) is 0. The zero-order chi connectivity index (χ0) is 14.4. The molecular weight excluding hydrogens is 258 g/mol. The van der Waals surface area contributed by atoms with Gasteiger partial charge in [0.05, 0.1) is 6.54 Å². The van der Waals surface area contributed by atoms with Crippen molar-refractivity contribution in [2.24, 2.45) is 0 Å². The zero-order valence-electron chi connectivity index (χ0n) is 12.0. The van der Waals surface area contributed by atoms with Gasteiger partial charge in [-0.3, -0.25) is 4.79 Å². The van der Waals surface area contributed by atoms with Crippen LogP contribution in [-0.4, -0.2) is 72.6 Å². The molecule has 1 fully saturated rings. The Bertz CT molecular complexity index is 446. The Hall–Kier alpha value is -1.73. The number of hydrogen-bond donors (Lipinski definition) is 1. The fourth-order valence-electron chi connectivity index (χ4n) is 2.03. The van der Waals surface area contributed by atoms with Crippen LogP contribution < -0.4 is 5.32 Å². The molecule has 20 heavy (non-hydrogen) atoms. The van der Waals surface area contributed by atoms with Crippen LogP contribution in [0.4, 0.5) is 5.82 Å². The standard InChI is InChI=1S/C13H21N5O2/c1-17-5-7-18(8-6-17)13(19)9-15-11-3-4-14-12(16-11)10-20-2/h3-4H,5-10H2,1-2H3,(H,14,15,16). The predicted octanol–water partition coefficient (Wildman–Crippen LogP) is -0.191. The molecule has 1 saturated heterocycles. The fraction of sp³-hybridized carbons (Fsp3) is 0.615. The average Bonchev–Trinajstić information content (AvgIpc) is 2.46. The molecule has 1 aromatic rings. The molecule has 0 unspecified atom stereocenters. The number of aromatic nitrogens is 2. The number of likely N-dealkylation sites (N-methyl/N-ethyl adjacent to an activating group) is 1. The Morgan fingerprint density at radius 1 is 1.40 bits per heavy atom. The van der Waals surface area contributed by atoms with Crippen molar-refractivity contribution in [3.63, 3.8) is 0 Å². The van der Waals surface area contributed by atoms with Gasteiger partial charge < -0.3 is 19.9 Å². The van der Waals surface area contributed by atoms with E-state index >= 15 is 0 Å². The Balaban J connectivity index is 1.82. The Morgan fingerprint density at radius 2 is 2.15 bits per heavy atom. The lowest BCUT2D eigenvalue weighted by atomic mass is 10.3. The maximum Gasteiger partial charge on any atom is 0.242 e. The quantitative estimate of drug-likeness (QED) is 0.805. The van der Waals surface area contributed by atoms with Gasteiger partial charge in [0.15, 0.2) is 5.82 Å². The molecule has 1 aliphatic heterocycles. The van der Waals surface area contributed by atoms with Crippen LogP contribution in [0.1, 0.15) is 5.82 Å². The van der Waals surface area contributed by atoms with Crippen LogP contribution in [0.5, 0.6) is 0 Å². The van der Waals surface area contributed by atoms with Crippen LogP contribution in [-0.2, 0) is 16.1 Å². The molecule has 0 aromatic carbocycles. The van der Waals surface area contributed by atoms with Crippen molar-refractivity contribution in [3.05, 3.63) is 18.1 Å². The largest absolute Gasteiger partial charge is 0.377 e. The van der Waals surface area contributed by atoms with E-state index in [0.29, 0.717) is 18.2 Å². The second kappa shape index (κ2) is 7.16. The number of nitrogens with one attached hydrogen (secondary N) is 1. The summed E-state index contributed by atoms with van der Waals surface area (Å²) < 4.78 is 4.98. The van der Waals surface area contributed by atoms with Crippen LogP contribution in [0.3, 0.4) is 0 Å². The first kappa shape index (κ1) is 14.7. The topological polar surface area (TPSA) is 70.6 Å². The summed E-state index contributed by atoms with van der Waals surface area (Å²) in [5.74, 6) is 1.35. The molecule has 1 aromatic heterocycles.